The van der Waals surface area contributed by atoms with Crippen LogP contribution in [0.4, 0.5) is 13.6 Å². The summed E-state index contributed by atoms with van der Waals surface area (Å²) < 4.78 is 33.3. The fraction of sp³-hybridized carbons (Fsp3) is 0.500. The number of ketones is 1. The Morgan fingerprint density at radius 2 is 1.64 bits per heavy atom. The third-order valence-corrected chi connectivity index (χ3v) is 2.90. The summed E-state index contributed by atoms with van der Waals surface area (Å²) in [5.41, 5.74) is 0.190. The minimum Gasteiger partial charge on any atom is -0.444 e. The van der Waals surface area contributed by atoms with Gasteiger partial charge < -0.3 is 10.1 Å². The van der Waals surface area contributed by atoms with Crippen molar-refractivity contribution < 1.29 is 23.1 Å². The highest BCUT2D eigenvalue weighted by Crippen LogP contribution is 2.32. The first-order valence-corrected chi connectivity index (χ1v) is 6.88. The molecule has 0 spiro atoms. The second-order valence-electron chi connectivity index (χ2n) is 6.17. The maximum absolute atomic E-state index is 14.2. The number of alkyl halides is 2. The van der Waals surface area contributed by atoms with Crippen LogP contribution in [0.25, 0.3) is 0 Å². The highest BCUT2D eigenvalue weighted by molar-refractivity contribution is 5.85. The number of aryl methyl sites for hydroxylation is 1. The van der Waals surface area contributed by atoms with Crippen LogP contribution >= 0.6 is 0 Å². The van der Waals surface area contributed by atoms with Crippen LogP contribution in [-0.4, -0.2) is 23.4 Å². The fourth-order valence-electron chi connectivity index (χ4n) is 1.77. The number of carbonyl (C=O) groups excluding carboxylic acids is 2. The van der Waals surface area contributed by atoms with Gasteiger partial charge in [-0.15, -0.1) is 0 Å². The number of rotatable bonds is 4. The van der Waals surface area contributed by atoms with E-state index in [0.717, 1.165) is 12.5 Å². The van der Waals surface area contributed by atoms with Crippen LogP contribution in [0.3, 0.4) is 0 Å². The van der Waals surface area contributed by atoms with Gasteiger partial charge in [0.15, 0.2) is 0 Å². The molecule has 0 aliphatic carbocycles. The molecule has 0 aromatic heterocycles. The Kier molecular flexibility index (Phi) is 5.27. The zero-order valence-corrected chi connectivity index (χ0v) is 13.4. The van der Waals surface area contributed by atoms with Gasteiger partial charge in [0.1, 0.15) is 11.6 Å². The van der Waals surface area contributed by atoms with Gasteiger partial charge in [-0.25, -0.2) is 4.79 Å². The Labute approximate surface area is 128 Å². The smallest absolute Gasteiger partial charge is 0.408 e. The molecule has 0 fully saturated rings. The summed E-state index contributed by atoms with van der Waals surface area (Å²) in [7, 11) is 0. The fourth-order valence-corrected chi connectivity index (χ4v) is 1.77. The summed E-state index contributed by atoms with van der Waals surface area (Å²) in [6.45, 7) is 7.46. The average molecular weight is 313 g/mol. The van der Waals surface area contributed by atoms with Gasteiger partial charge in [0.05, 0.1) is 0 Å². The predicted molar refractivity (Wildman–Crippen MR) is 78.9 cm³/mol. The summed E-state index contributed by atoms with van der Waals surface area (Å²) in [5.74, 6) is -5.05. The Morgan fingerprint density at radius 3 is 2.05 bits per heavy atom. The van der Waals surface area contributed by atoms with Gasteiger partial charge in [-0.3, -0.25) is 4.79 Å². The van der Waals surface area contributed by atoms with Crippen molar-refractivity contribution in [1.82, 2.24) is 5.32 Å². The van der Waals surface area contributed by atoms with Crippen LogP contribution in [0.1, 0.15) is 44.9 Å². The van der Waals surface area contributed by atoms with Gasteiger partial charge in [0, 0.05) is 6.92 Å². The Bertz CT molecular complexity index is 548. The molecular formula is C16H21F2NO3. The van der Waals surface area contributed by atoms with E-state index in [9.17, 15) is 18.4 Å². The van der Waals surface area contributed by atoms with Crippen LogP contribution < -0.4 is 5.32 Å². The standard InChI is InChI=1S/C16H21F2NO3/c1-10-6-8-12(9-7-10)13(16(17,18)11(2)20)19-14(21)22-15(3,4)5/h6-9,13H,1-5H3,(H,19,21). The maximum Gasteiger partial charge on any atom is 0.408 e. The van der Waals surface area contributed by atoms with Crippen LogP contribution in [-0.2, 0) is 9.53 Å². The van der Waals surface area contributed by atoms with E-state index in [1.54, 1.807) is 32.9 Å². The van der Waals surface area contributed by atoms with Gasteiger partial charge >= 0.3 is 12.0 Å². The lowest BCUT2D eigenvalue weighted by molar-refractivity contribution is -0.145. The van der Waals surface area contributed by atoms with Crippen LogP contribution in [0.5, 0.6) is 0 Å². The van der Waals surface area contributed by atoms with E-state index in [1.807, 2.05) is 6.92 Å². The topological polar surface area (TPSA) is 55.4 Å². The molecule has 0 radical (unpaired) electrons. The number of nitrogens with one attached hydrogen (secondary N) is 1. The largest absolute Gasteiger partial charge is 0.444 e. The zero-order valence-electron chi connectivity index (χ0n) is 13.4. The molecule has 1 amide bonds. The number of alkyl carbamates (subject to hydrolysis) is 1. The van der Waals surface area contributed by atoms with Crippen molar-refractivity contribution in [3.05, 3.63) is 35.4 Å². The quantitative estimate of drug-likeness (QED) is 0.920. The molecular weight excluding hydrogens is 292 g/mol. The Morgan fingerprint density at radius 1 is 1.14 bits per heavy atom. The molecule has 6 heteroatoms. The van der Waals surface area contributed by atoms with E-state index >= 15 is 0 Å². The summed E-state index contributed by atoms with van der Waals surface area (Å²) in [6.07, 6.45) is -1.00. The number of carbonyl (C=O) groups is 2. The first-order chi connectivity index (χ1) is 9.93. The lowest BCUT2D eigenvalue weighted by atomic mass is 9.97. The normalized spacial score (nSPS) is 13.4. The molecule has 1 rings (SSSR count). The van der Waals surface area contributed by atoms with Crippen molar-refractivity contribution >= 4 is 11.9 Å². The third-order valence-electron chi connectivity index (χ3n) is 2.90. The minimum absolute atomic E-state index is 0.136. The number of hydrogen-bond acceptors (Lipinski definition) is 3. The van der Waals surface area contributed by atoms with Gasteiger partial charge in [-0.05, 0) is 33.3 Å². The molecule has 0 saturated heterocycles. The number of halogens is 2. The first-order valence-electron chi connectivity index (χ1n) is 6.88. The number of hydrogen-bond donors (Lipinski definition) is 1. The van der Waals surface area contributed by atoms with Crippen molar-refractivity contribution in [2.75, 3.05) is 0 Å². The molecule has 0 aliphatic rings. The van der Waals surface area contributed by atoms with E-state index in [0.29, 0.717) is 0 Å². The van der Waals surface area contributed by atoms with Crippen molar-refractivity contribution in [3.8, 4) is 0 Å². The Balaban J connectivity index is 3.10. The molecule has 1 aromatic rings. The van der Waals surface area contributed by atoms with E-state index in [-0.39, 0.29) is 5.56 Å². The highest BCUT2D eigenvalue weighted by atomic mass is 19.3. The van der Waals surface area contributed by atoms with Gasteiger partial charge in [-0.2, -0.15) is 8.78 Å². The molecule has 122 valence electrons. The number of amides is 1. The Hall–Kier alpha value is -1.98. The monoisotopic (exact) mass is 313 g/mol. The van der Waals surface area contributed by atoms with E-state index in [2.05, 4.69) is 5.32 Å². The van der Waals surface area contributed by atoms with E-state index in [1.165, 1.54) is 12.1 Å². The molecule has 1 atom stereocenters. The van der Waals surface area contributed by atoms with Crippen molar-refractivity contribution in [2.24, 2.45) is 0 Å². The predicted octanol–water partition coefficient (Wildman–Crippen LogP) is 3.79. The molecule has 1 unspecified atom stereocenters. The van der Waals surface area contributed by atoms with Gasteiger partial charge in [0.25, 0.3) is 0 Å². The van der Waals surface area contributed by atoms with Gasteiger partial charge in [0.2, 0.25) is 5.78 Å². The van der Waals surface area contributed by atoms with Crippen molar-refractivity contribution in [2.45, 2.75) is 52.2 Å². The zero-order chi connectivity index (χ0) is 17.1. The summed E-state index contributed by atoms with van der Waals surface area (Å²) >= 11 is 0. The molecule has 0 aliphatic heterocycles. The lowest BCUT2D eigenvalue weighted by Crippen LogP contribution is -2.46. The molecule has 1 N–H and O–H groups in total. The van der Waals surface area contributed by atoms with Crippen molar-refractivity contribution in [3.63, 3.8) is 0 Å². The second kappa shape index (κ2) is 6.42. The first kappa shape index (κ1) is 18.1. The second-order valence-corrected chi connectivity index (χ2v) is 6.17. The number of benzene rings is 1. The molecule has 22 heavy (non-hydrogen) atoms. The molecule has 0 heterocycles. The number of ether oxygens (including phenoxy) is 1. The SMILES string of the molecule is CC(=O)C(F)(F)C(NC(=O)OC(C)(C)C)c1ccc(C)cc1. The molecule has 4 nitrogen and oxygen atoms in total. The van der Waals surface area contributed by atoms with Crippen LogP contribution in [0.15, 0.2) is 24.3 Å². The van der Waals surface area contributed by atoms with Crippen molar-refractivity contribution in [1.29, 1.82) is 0 Å². The minimum atomic E-state index is -3.73. The summed E-state index contributed by atoms with van der Waals surface area (Å²) in [4.78, 5) is 23.1. The molecule has 0 bridgehead atoms. The van der Waals surface area contributed by atoms with Crippen LogP contribution in [0, 0.1) is 6.92 Å². The molecule has 1 aromatic carbocycles. The van der Waals surface area contributed by atoms with E-state index < -0.39 is 29.4 Å². The van der Waals surface area contributed by atoms with E-state index in [4.69, 9.17) is 4.74 Å². The molecule has 0 saturated carbocycles. The highest BCUT2D eigenvalue weighted by Gasteiger charge is 2.46. The summed E-state index contributed by atoms with van der Waals surface area (Å²) in [5, 5.41) is 2.10. The lowest BCUT2D eigenvalue weighted by Gasteiger charge is -2.28. The maximum atomic E-state index is 14.2. The third kappa shape index (κ3) is 4.79. The summed E-state index contributed by atoms with van der Waals surface area (Å²) in [6, 6.07) is 4.40. The average Bonchev–Trinajstić information content (AvgIpc) is 2.34. The number of Topliss-reactive ketones (excluding diaryl/α,β-unsaturated/α-hetero) is 1. The van der Waals surface area contributed by atoms with Gasteiger partial charge in [-0.1, -0.05) is 29.8 Å². The van der Waals surface area contributed by atoms with Crippen LogP contribution in [0.2, 0.25) is 0 Å².